The molecule has 0 bridgehead atoms. The number of alkyl halides is 9. The first-order chi connectivity index (χ1) is 22.3. The Morgan fingerprint density at radius 1 is 0.875 bits per heavy atom. The van der Waals surface area contributed by atoms with Crippen molar-refractivity contribution >= 4 is 23.5 Å². The summed E-state index contributed by atoms with van der Waals surface area (Å²) in [6.45, 7) is 4.68. The van der Waals surface area contributed by atoms with Gasteiger partial charge in [-0.05, 0) is 65.6 Å². The zero-order valence-corrected chi connectivity index (χ0v) is 26.7. The molecule has 2 atom stereocenters. The number of hydrogen-bond acceptors (Lipinski definition) is 7. The summed E-state index contributed by atoms with van der Waals surface area (Å²) >= 11 is 1.37. The molecular weight excluding hydrogens is 673 g/mol. The van der Waals surface area contributed by atoms with Gasteiger partial charge in [0, 0.05) is 35.7 Å². The molecule has 5 rings (SSSR count). The van der Waals surface area contributed by atoms with Crippen molar-refractivity contribution in [3.05, 3.63) is 85.7 Å². The Hall–Kier alpha value is -4.28. The van der Waals surface area contributed by atoms with Gasteiger partial charge in [-0.1, -0.05) is 31.1 Å². The van der Waals surface area contributed by atoms with Crippen LogP contribution in [0, 0.1) is 5.92 Å². The van der Waals surface area contributed by atoms with Gasteiger partial charge in [0.2, 0.25) is 0 Å². The van der Waals surface area contributed by atoms with E-state index in [1.807, 2.05) is 26.8 Å². The van der Waals surface area contributed by atoms with Crippen LogP contribution in [0.2, 0.25) is 0 Å². The van der Waals surface area contributed by atoms with Gasteiger partial charge in [0.25, 0.3) is 5.95 Å². The van der Waals surface area contributed by atoms with Gasteiger partial charge in [0.1, 0.15) is 11.0 Å². The van der Waals surface area contributed by atoms with Crippen LogP contribution in [0.3, 0.4) is 0 Å². The highest BCUT2D eigenvalue weighted by atomic mass is 32.1. The van der Waals surface area contributed by atoms with Gasteiger partial charge >= 0.3 is 18.5 Å². The number of aromatic nitrogens is 5. The Morgan fingerprint density at radius 3 is 2.06 bits per heavy atom. The molecule has 0 radical (unpaired) electrons. The number of allylic oxidation sites excluding steroid dienone is 1. The number of aliphatic imine (C=N–C) groups is 1. The van der Waals surface area contributed by atoms with Crippen LogP contribution in [-0.2, 0) is 45.1 Å². The van der Waals surface area contributed by atoms with Crippen molar-refractivity contribution in [2.75, 3.05) is 4.90 Å². The zero-order chi connectivity index (χ0) is 35.2. The predicted molar refractivity (Wildman–Crippen MR) is 161 cm³/mol. The highest BCUT2D eigenvalue weighted by Crippen LogP contribution is 2.41. The fourth-order valence-corrected chi connectivity index (χ4v) is 6.57. The number of anilines is 1. The number of tetrazole rings is 1. The van der Waals surface area contributed by atoms with E-state index in [2.05, 4.69) is 20.4 Å². The summed E-state index contributed by atoms with van der Waals surface area (Å²) in [6.07, 6.45) is -10.7. The lowest BCUT2D eigenvalue weighted by atomic mass is 9.97. The number of nitrogens with zero attached hydrogens (tertiary/aromatic N) is 7. The van der Waals surface area contributed by atoms with E-state index in [9.17, 15) is 39.5 Å². The largest absolute Gasteiger partial charge is 0.416 e. The molecular formula is C31H28F9N7S. The average molecular weight is 702 g/mol. The molecule has 7 nitrogen and oxygen atoms in total. The molecule has 256 valence electrons. The molecule has 1 aliphatic heterocycles. The Labute approximate surface area is 272 Å². The number of dihydropyridines is 1. The number of aryl methyl sites for hydroxylation is 2. The lowest BCUT2D eigenvalue weighted by molar-refractivity contribution is -0.143. The summed E-state index contributed by atoms with van der Waals surface area (Å²) in [5.41, 5.74) is -2.77. The molecule has 0 saturated carbocycles. The predicted octanol–water partition coefficient (Wildman–Crippen LogP) is 8.87. The van der Waals surface area contributed by atoms with Gasteiger partial charge in [-0.15, -0.1) is 16.4 Å². The minimum Gasteiger partial charge on any atom is -0.330 e. The van der Waals surface area contributed by atoms with Crippen molar-refractivity contribution < 1.29 is 39.5 Å². The summed E-state index contributed by atoms with van der Waals surface area (Å²) in [5.74, 6) is -0.230. The number of thiazole rings is 1. The third-order valence-electron chi connectivity index (χ3n) is 7.60. The molecule has 2 unspecified atom stereocenters. The molecule has 2 aromatic carbocycles. The number of halogens is 9. The van der Waals surface area contributed by atoms with Crippen molar-refractivity contribution in [2.24, 2.45) is 18.0 Å². The van der Waals surface area contributed by atoms with Gasteiger partial charge in [-0.2, -0.15) is 44.3 Å². The fraction of sp³-hybridized carbons (Fsp3) is 0.387. The lowest BCUT2D eigenvalue weighted by Gasteiger charge is -2.24. The van der Waals surface area contributed by atoms with Gasteiger partial charge < -0.3 is 4.90 Å². The SMILES string of the molecule is CCc1sc(C2N=CC(C)=CC2C)nc1-c1ccc(C(F)(F)F)cc1CN(Cc1cc(C(F)(F)F)cc(C(F)(F)F)c1)c1nnn(C)n1. The summed E-state index contributed by atoms with van der Waals surface area (Å²) in [5, 5.41) is 12.3. The zero-order valence-electron chi connectivity index (χ0n) is 25.8. The molecule has 0 amide bonds. The minimum absolute atomic E-state index is 0.000253. The van der Waals surface area contributed by atoms with Crippen LogP contribution >= 0.6 is 11.3 Å². The first-order valence-electron chi connectivity index (χ1n) is 14.5. The van der Waals surface area contributed by atoms with Crippen LogP contribution < -0.4 is 4.90 Å². The first kappa shape index (κ1) is 35.0. The molecule has 17 heteroatoms. The van der Waals surface area contributed by atoms with E-state index >= 15 is 0 Å². The van der Waals surface area contributed by atoms with Crippen molar-refractivity contribution in [3.8, 4) is 11.3 Å². The van der Waals surface area contributed by atoms with Gasteiger partial charge in [0.15, 0.2) is 0 Å². The number of benzene rings is 2. The second-order valence-electron chi connectivity index (χ2n) is 11.4. The summed E-state index contributed by atoms with van der Waals surface area (Å²) in [4.78, 5) is 12.4. The number of rotatable bonds is 8. The average Bonchev–Trinajstić information content (AvgIpc) is 3.61. The molecule has 2 aromatic heterocycles. The maximum Gasteiger partial charge on any atom is 0.416 e. The number of hydrogen-bond donors (Lipinski definition) is 0. The normalized spacial score (nSPS) is 17.1. The third-order valence-corrected chi connectivity index (χ3v) is 8.87. The molecule has 0 fully saturated rings. The van der Waals surface area contributed by atoms with Crippen molar-refractivity contribution in [2.45, 2.75) is 64.9 Å². The molecule has 48 heavy (non-hydrogen) atoms. The molecule has 1 aliphatic rings. The highest BCUT2D eigenvalue weighted by Gasteiger charge is 2.37. The molecule has 0 saturated heterocycles. The summed E-state index contributed by atoms with van der Waals surface area (Å²) in [7, 11) is 1.38. The van der Waals surface area contributed by atoms with Crippen LogP contribution in [0.25, 0.3) is 11.3 Å². The van der Waals surface area contributed by atoms with Crippen LogP contribution in [0.1, 0.15) is 64.5 Å². The van der Waals surface area contributed by atoms with E-state index in [-0.39, 0.29) is 29.5 Å². The monoisotopic (exact) mass is 701 g/mol. The maximum atomic E-state index is 14.0. The summed E-state index contributed by atoms with van der Waals surface area (Å²) in [6, 6.07) is 3.84. The molecule has 4 aromatic rings. The van der Waals surface area contributed by atoms with Gasteiger partial charge in [-0.3, -0.25) is 4.99 Å². The molecule has 0 N–H and O–H groups in total. The minimum atomic E-state index is -5.10. The molecule has 3 heterocycles. The van der Waals surface area contributed by atoms with Crippen LogP contribution in [0.5, 0.6) is 0 Å². The van der Waals surface area contributed by atoms with E-state index in [0.29, 0.717) is 34.8 Å². The van der Waals surface area contributed by atoms with Crippen molar-refractivity contribution in [1.29, 1.82) is 0 Å². The van der Waals surface area contributed by atoms with Crippen molar-refractivity contribution in [3.63, 3.8) is 0 Å². The highest BCUT2D eigenvalue weighted by molar-refractivity contribution is 7.12. The van der Waals surface area contributed by atoms with Crippen LogP contribution in [0.4, 0.5) is 45.5 Å². The van der Waals surface area contributed by atoms with E-state index in [0.717, 1.165) is 27.4 Å². The van der Waals surface area contributed by atoms with Crippen LogP contribution in [0.15, 0.2) is 53.0 Å². The van der Waals surface area contributed by atoms with Crippen molar-refractivity contribution in [1.82, 2.24) is 25.2 Å². The topological polar surface area (TPSA) is 72.1 Å². The Balaban J connectivity index is 1.63. The summed E-state index contributed by atoms with van der Waals surface area (Å²) < 4.78 is 124. The smallest absolute Gasteiger partial charge is 0.330 e. The van der Waals surface area contributed by atoms with E-state index in [1.54, 1.807) is 6.21 Å². The third kappa shape index (κ3) is 7.71. The quantitative estimate of drug-likeness (QED) is 0.172. The lowest BCUT2D eigenvalue weighted by Crippen LogP contribution is -2.25. The fourth-order valence-electron chi connectivity index (χ4n) is 5.38. The standard InChI is InChI=1S/C31H28F9N7S/c1-5-24-26(42-27(48-24)25-17(3)8-16(2)13-41-25)23-7-6-20(29(32,33)34)11-19(23)15-47(28-43-45-46(4)44-28)14-18-9-21(30(35,36)37)12-22(10-18)31(38,39)40/h6-13,17,25H,5,14-15H2,1-4H3. The first-order valence-corrected chi connectivity index (χ1v) is 15.3. The Morgan fingerprint density at radius 2 is 1.52 bits per heavy atom. The maximum absolute atomic E-state index is 14.0. The molecule has 0 aliphatic carbocycles. The van der Waals surface area contributed by atoms with Gasteiger partial charge in [0.05, 0.1) is 29.4 Å². The molecule has 0 spiro atoms. The van der Waals surface area contributed by atoms with E-state index < -0.39 is 53.9 Å². The Kier molecular flexibility index (Phi) is 9.47. The Bertz CT molecular complexity index is 1820. The van der Waals surface area contributed by atoms with Crippen LogP contribution in [-0.4, -0.2) is 31.4 Å². The van der Waals surface area contributed by atoms with E-state index in [1.165, 1.54) is 29.4 Å². The second kappa shape index (κ2) is 13.0. The second-order valence-corrected chi connectivity index (χ2v) is 12.5. The van der Waals surface area contributed by atoms with Gasteiger partial charge in [-0.25, -0.2) is 4.98 Å². The van der Waals surface area contributed by atoms with E-state index in [4.69, 9.17) is 4.98 Å².